The first-order chi connectivity index (χ1) is 11.7. The van der Waals surface area contributed by atoms with Crippen LogP contribution in [-0.2, 0) is 6.54 Å². The number of anilines is 1. The van der Waals surface area contributed by atoms with E-state index in [1.807, 2.05) is 60.7 Å². The topological polar surface area (TPSA) is 61.7 Å². The molecule has 0 spiro atoms. The predicted molar refractivity (Wildman–Crippen MR) is 96.6 cm³/mol. The van der Waals surface area contributed by atoms with Crippen LogP contribution in [0.1, 0.15) is 5.56 Å². The zero-order valence-electron chi connectivity index (χ0n) is 13.1. The van der Waals surface area contributed by atoms with E-state index < -0.39 is 7.12 Å². The molecule has 0 amide bonds. The van der Waals surface area contributed by atoms with Gasteiger partial charge in [0.25, 0.3) is 0 Å². The number of nitrogens with one attached hydrogen (secondary N) is 1. The van der Waals surface area contributed by atoms with Crippen LogP contribution >= 0.6 is 0 Å². The lowest BCUT2D eigenvalue weighted by atomic mass is 9.80. The minimum Gasteiger partial charge on any atom is -0.457 e. The Morgan fingerprint density at radius 1 is 0.792 bits per heavy atom. The van der Waals surface area contributed by atoms with Gasteiger partial charge in [0.15, 0.2) is 0 Å². The van der Waals surface area contributed by atoms with E-state index in [1.165, 1.54) is 0 Å². The van der Waals surface area contributed by atoms with Gasteiger partial charge in [-0.2, -0.15) is 0 Å². The molecular weight excluding hydrogens is 301 g/mol. The molecule has 3 aromatic rings. The first-order valence-corrected chi connectivity index (χ1v) is 7.72. The van der Waals surface area contributed by atoms with Crippen LogP contribution in [-0.4, -0.2) is 17.2 Å². The average Bonchev–Trinajstić information content (AvgIpc) is 2.62. The first-order valence-electron chi connectivity index (χ1n) is 7.72. The average molecular weight is 319 g/mol. The summed E-state index contributed by atoms with van der Waals surface area (Å²) in [6.07, 6.45) is 0. The third kappa shape index (κ3) is 4.38. The molecule has 0 radical (unpaired) electrons. The minimum atomic E-state index is -1.46. The lowest BCUT2D eigenvalue weighted by Crippen LogP contribution is -2.29. The third-order valence-corrected chi connectivity index (χ3v) is 3.58. The SMILES string of the molecule is OB(O)c1cccc(NCc2ccc(Oc3ccccc3)cc2)c1. The molecule has 0 fully saturated rings. The van der Waals surface area contributed by atoms with E-state index >= 15 is 0 Å². The standard InChI is InChI=1S/C19H18BNO3/c22-20(23)16-5-4-6-17(13-16)21-14-15-9-11-19(12-10-15)24-18-7-2-1-3-8-18/h1-13,21-23H,14H2. The summed E-state index contributed by atoms with van der Waals surface area (Å²) in [6.45, 7) is 0.636. The van der Waals surface area contributed by atoms with Crippen LogP contribution in [0.5, 0.6) is 11.5 Å². The van der Waals surface area contributed by atoms with Crippen LogP contribution in [0.15, 0.2) is 78.9 Å². The highest BCUT2D eigenvalue weighted by atomic mass is 16.5. The van der Waals surface area contributed by atoms with Crippen LogP contribution in [0, 0.1) is 0 Å². The quantitative estimate of drug-likeness (QED) is 0.612. The summed E-state index contributed by atoms with van der Waals surface area (Å²) in [5.74, 6) is 1.60. The lowest BCUT2D eigenvalue weighted by molar-refractivity contribution is 0.426. The van der Waals surface area contributed by atoms with Gasteiger partial charge in [-0.3, -0.25) is 0 Å². The van der Waals surface area contributed by atoms with Gasteiger partial charge in [0.1, 0.15) is 11.5 Å². The maximum absolute atomic E-state index is 9.20. The number of hydrogen-bond donors (Lipinski definition) is 3. The molecule has 0 aliphatic heterocycles. The molecule has 0 heterocycles. The molecule has 3 rings (SSSR count). The van der Waals surface area contributed by atoms with Crippen LogP contribution in [0.3, 0.4) is 0 Å². The van der Waals surface area contributed by atoms with Crippen molar-refractivity contribution in [3.8, 4) is 11.5 Å². The van der Waals surface area contributed by atoms with Gasteiger partial charge in [-0.25, -0.2) is 0 Å². The maximum Gasteiger partial charge on any atom is 0.488 e. The Bertz CT molecular complexity index is 776. The summed E-state index contributed by atoms with van der Waals surface area (Å²) in [5, 5.41) is 21.7. The van der Waals surface area contributed by atoms with E-state index in [4.69, 9.17) is 4.74 Å². The molecule has 0 aliphatic carbocycles. The Hall–Kier alpha value is -2.76. The molecular formula is C19H18BNO3. The van der Waals surface area contributed by atoms with Gasteiger partial charge in [-0.1, -0.05) is 42.5 Å². The summed E-state index contributed by atoms with van der Waals surface area (Å²) in [4.78, 5) is 0. The number of benzene rings is 3. The second-order valence-electron chi connectivity index (χ2n) is 5.41. The van der Waals surface area contributed by atoms with Gasteiger partial charge < -0.3 is 20.1 Å². The van der Waals surface area contributed by atoms with Gasteiger partial charge >= 0.3 is 7.12 Å². The minimum absolute atomic E-state index is 0.464. The van der Waals surface area contributed by atoms with Gasteiger partial charge in [0.2, 0.25) is 0 Å². The van der Waals surface area contributed by atoms with Crippen LogP contribution < -0.4 is 15.5 Å². The fourth-order valence-corrected chi connectivity index (χ4v) is 2.31. The van der Waals surface area contributed by atoms with Gasteiger partial charge in [0.05, 0.1) is 0 Å². The normalized spacial score (nSPS) is 10.2. The Balaban J connectivity index is 1.59. The van der Waals surface area contributed by atoms with Crippen molar-refractivity contribution in [1.29, 1.82) is 0 Å². The van der Waals surface area contributed by atoms with E-state index in [1.54, 1.807) is 18.2 Å². The van der Waals surface area contributed by atoms with E-state index in [0.29, 0.717) is 12.0 Å². The Morgan fingerprint density at radius 2 is 1.50 bits per heavy atom. The van der Waals surface area contributed by atoms with E-state index in [0.717, 1.165) is 22.7 Å². The summed E-state index contributed by atoms with van der Waals surface area (Å²) in [7, 11) is -1.46. The molecule has 24 heavy (non-hydrogen) atoms. The van der Waals surface area contributed by atoms with Gasteiger partial charge in [-0.15, -0.1) is 0 Å². The lowest BCUT2D eigenvalue weighted by Gasteiger charge is -2.10. The van der Waals surface area contributed by atoms with E-state index in [2.05, 4.69) is 5.32 Å². The van der Waals surface area contributed by atoms with Crippen molar-refractivity contribution in [2.75, 3.05) is 5.32 Å². The smallest absolute Gasteiger partial charge is 0.457 e. The Morgan fingerprint density at radius 3 is 2.21 bits per heavy atom. The van der Waals surface area contributed by atoms with Crippen molar-refractivity contribution >= 4 is 18.3 Å². The summed E-state index contributed by atoms with van der Waals surface area (Å²) in [6, 6.07) is 24.6. The van der Waals surface area contributed by atoms with Crippen molar-refractivity contribution in [3.63, 3.8) is 0 Å². The van der Waals surface area contributed by atoms with Crippen molar-refractivity contribution in [2.45, 2.75) is 6.54 Å². The predicted octanol–water partition coefficient (Wildman–Crippen LogP) is 2.77. The summed E-state index contributed by atoms with van der Waals surface area (Å²) < 4.78 is 5.76. The van der Waals surface area contributed by atoms with E-state index in [9.17, 15) is 10.0 Å². The summed E-state index contributed by atoms with van der Waals surface area (Å²) >= 11 is 0. The number of hydrogen-bond acceptors (Lipinski definition) is 4. The molecule has 120 valence electrons. The fraction of sp³-hybridized carbons (Fsp3) is 0.0526. The highest BCUT2D eigenvalue weighted by Crippen LogP contribution is 2.21. The monoisotopic (exact) mass is 319 g/mol. The maximum atomic E-state index is 9.20. The Kier molecular flexibility index (Phi) is 5.16. The number of ether oxygens (including phenoxy) is 1. The highest BCUT2D eigenvalue weighted by molar-refractivity contribution is 6.58. The van der Waals surface area contributed by atoms with Crippen molar-refractivity contribution in [3.05, 3.63) is 84.4 Å². The molecule has 0 aromatic heterocycles. The largest absolute Gasteiger partial charge is 0.488 e. The zero-order chi connectivity index (χ0) is 16.8. The molecule has 0 bridgehead atoms. The fourth-order valence-electron chi connectivity index (χ4n) is 2.31. The van der Waals surface area contributed by atoms with Crippen molar-refractivity contribution in [2.24, 2.45) is 0 Å². The van der Waals surface area contributed by atoms with Crippen LogP contribution in [0.2, 0.25) is 0 Å². The van der Waals surface area contributed by atoms with Crippen molar-refractivity contribution in [1.82, 2.24) is 0 Å². The molecule has 5 heteroatoms. The van der Waals surface area contributed by atoms with Gasteiger partial charge in [-0.05, 0) is 47.4 Å². The molecule has 4 nitrogen and oxygen atoms in total. The zero-order valence-corrected chi connectivity index (χ0v) is 13.1. The Labute approximate surface area is 141 Å². The second-order valence-corrected chi connectivity index (χ2v) is 5.41. The molecule has 0 aliphatic rings. The first kappa shape index (κ1) is 16.1. The van der Waals surface area contributed by atoms with E-state index in [-0.39, 0.29) is 0 Å². The number of para-hydroxylation sites is 1. The van der Waals surface area contributed by atoms with Crippen LogP contribution in [0.25, 0.3) is 0 Å². The van der Waals surface area contributed by atoms with Crippen molar-refractivity contribution < 1.29 is 14.8 Å². The highest BCUT2D eigenvalue weighted by Gasteiger charge is 2.10. The molecule has 0 unspecified atom stereocenters. The number of rotatable bonds is 6. The summed E-state index contributed by atoms with van der Waals surface area (Å²) in [5.41, 5.74) is 2.40. The molecule has 0 atom stereocenters. The molecule has 3 aromatic carbocycles. The molecule has 0 saturated carbocycles. The van der Waals surface area contributed by atoms with Crippen LogP contribution in [0.4, 0.5) is 5.69 Å². The third-order valence-electron chi connectivity index (χ3n) is 3.58. The molecule has 3 N–H and O–H groups in total. The second kappa shape index (κ2) is 7.68. The van der Waals surface area contributed by atoms with Gasteiger partial charge in [0, 0.05) is 12.2 Å². The molecule has 0 saturated heterocycles.